The number of benzene rings is 2. The number of nitrogens with zero attached hydrogens (tertiary/aromatic N) is 2. The normalized spacial score (nSPS) is 10.5. The molecule has 0 radical (unpaired) electrons. The average molecular weight is 283 g/mol. The monoisotopic (exact) mass is 283 g/mol. The number of anilines is 1. The summed E-state index contributed by atoms with van der Waals surface area (Å²) in [6.45, 7) is 0.477. The molecule has 0 aliphatic carbocycles. The van der Waals surface area contributed by atoms with Crippen molar-refractivity contribution in [3.05, 3.63) is 72.6 Å². The number of phenols is 1. The van der Waals surface area contributed by atoms with E-state index in [2.05, 4.69) is 10.3 Å². The Morgan fingerprint density at radius 3 is 2.86 bits per heavy atom. The van der Waals surface area contributed by atoms with E-state index in [0.29, 0.717) is 6.54 Å². The third-order valence-electron chi connectivity index (χ3n) is 3.16. The molecule has 1 heterocycles. The molecule has 0 aliphatic heterocycles. The van der Waals surface area contributed by atoms with E-state index in [9.17, 15) is 4.39 Å². The van der Waals surface area contributed by atoms with Crippen LogP contribution in [0, 0.1) is 5.82 Å². The number of rotatable bonds is 4. The first-order chi connectivity index (χ1) is 10.2. The number of phenolic OH excluding ortho intramolecular Hbond substituents is 1. The summed E-state index contributed by atoms with van der Waals surface area (Å²) in [5.74, 6) is -0.942. The number of halogens is 1. The fourth-order valence-corrected chi connectivity index (χ4v) is 2.05. The molecule has 3 rings (SSSR count). The zero-order chi connectivity index (χ0) is 14.7. The Balaban J connectivity index is 1.73. The average Bonchev–Trinajstić information content (AvgIpc) is 3.03. The highest BCUT2D eigenvalue weighted by Gasteiger charge is 2.02. The fourth-order valence-electron chi connectivity index (χ4n) is 2.05. The number of aromatic nitrogens is 2. The molecule has 0 spiro atoms. The Hall–Kier alpha value is -2.82. The number of imidazole rings is 1. The number of hydrogen-bond acceptors (Lipinski definition) is 3. The molecule has 1 aromatic heterocycles. The van der Waals surface area contributed by atoms with Crippen molar-refractivity contribution in [3.63, 3.8) is 0 Å². The lowest BCUT2D eigenvalue weighted by Crippen LogP contribution is -2.00. The summed E-state index contributed by atoms with van der Waals surface area (Å²) in [6, 6.07) is 12.2. The molecule has 106 valence electrons. The van der Waals surface area contributed by atoms with Crippen molar-refractivity contribution >= 4 is 5.69 Å². The van der Waals surface area contributed by atoms with Crippen LogP contribution in [-0.4, -0.2) is 14.7 Å². The van der Waals surface area contributed by atoms with E-state index in [1.807, 2.05) is 35.0 Å². The predicted octanol–water partition coefficient (Wildman–Crippen LogP) is 3.33. The summed E-state index contributed by atoms with van der Waals surface area (Å²) in [4.78, 5) is 4.02. The smallest absolute Gasteiger partial charge is 0.165 e. The number of hydrogen-bond donors (Lipinski definition) is 2. The van der Waals surface area contributed by atoms with Crippen molar-refractivity contribution in [1.29, 1.82) is 0 Å². The van der Waals surface area contributed by atoms with Gasteiger partial charge >= 0.3 is 0 Å². The molecule has 0 saturated carbocycles. The zero-order valence-electron chi connectivity index (χ0n) is 11.2. The first-order valence-corrected chi connectivity index (χ1v) is 6.52. The van der Waals surface area contributed by atoms with E-state index in [-0.39, 0.29) is 5.75 Å². The molecule has 2 N–H and O–H groups in total. The molecule has 0 atom stereocenters. The maximum Gasteiger partial charge on any atom is 0.165 e. The topological polar surface area (TPSA) is 50.1 Å². The molecule has 0 saturated heterocycles. The lowest BCUT2D eigenvalue weighted by atomic mass is 10.2. The van der Waals surface area contributed by atoms with Crippen LogP contribution in [0.2, 0.25) is 0 Å². The third kappa shape index (κ3) is 3.02. The van der Waals surface area contributed by atoms with E-state index in [1.54, 1.807) is 18.6 Å². The van der Waals surface area contributed by atoms with Crippen LogP contribution in [0.4, 0.5) is 10.1 Å². The Bertz CT molecular complexity index is 741. The van der Waals surface area contributed by atoms with Gasteiger partial charge in [-0.1, -0.05) is 12.1 Å². The lowest BCUT2D eigenvalue weighted by Gasteiger charge is -2.09. The summed E-state index contributed by atoms with van der Waals surface area (Å²) >= 11 is 0. The van der Waals surface area contributed by atoms with E-state index in [4.69, 9.17) is 5.11 Å². The summed E-state index contributed by atoms with van der Waals surface area (Å²) in [5.41, 5.74) is 2.68. The summed E-state index contributed by atoms with van der Waals surface area (Å²) in [7, 11) is 0. The van der Waals surface area contributed by atoms with Crippen molar-refractivity contribution in [1.82, 2.24) is 9.55 Å². The van der Waals surface area contributed by atoms with Gasteiger partial charge in [0, 0.05) is 30.3 Å². The molecular weight excluding hydrogens is 269 g/mol. The number of nitrogens with one attached hydrogen (secondary N) is 1. The van der Waals surface area contributed by atoms with E-state index in [0.717, 1.165) is 16.9 Å². The molecule has 0 aliphatic rings. The second-order valence-corrected chi connectivity index (χ2v) is 4.66. The predicted molar refractivity (Wildman–Crippen MR) is 79.0 cm³/mol. The summed E-state index contributed by atoms with van der Waals surface area (Å²) < 4.78 is 15.2. The van der Waals surface area contributed by atoms with Crippen molar-refractivity contribution < 1.29 is 9.50 Å². The van der Waals surface area contributed by atoms with Crippen LogP contribution in [0.3, 0.4) is 0 Å². The Morgan fingerprint density at radius 1 is 1.19 bits per heavy atom. The van der Waals surface area contributed by atoms with Gasteiger partial charge in [-0.25, -0.2) is 9.37 Å². The first-order valence-electron chi connectivity index (χ1n) is 6.52. The second-order valence-electron chi connectivity index (χ2n) is 4.66. The van der Waals surface area contributed by atoms with Gasteiger partial charge in [-0.3, -0.25) is 0 Å². The summed E-state index contributed by atoms with van der Waals surface area (Å²) in [6.07, 6.45) is 5.32. The maximum atomic E-state index is 13.3. The third-order valence-corrected chi connectivity index (χ3v) is 3.16. The van der Waals surface area contributed by atoms with Gasteiger partial charge < -0.3 is 15.0 Å². The lowest BCUT2D eigenvalue weighted by molar-refractivity contribution is 0.432. The van der Waals surface area contributed by atoms with Crippen LogP contribution >= 0.6 is 0 Å². The van der Waals surface area contributed by atoms with Gasteiger partial charge in [0.2, 0.25) is 0 Å². The van der Waals surface area contributed by atoms with Gasteiger partial charge in [-0.05, 0) is 35.9 Å². The van der Waals surface area contributed by atoms with Crippen molar-refractivity contribution in [3.8, 4) is 11.4 Å². The first kappa shape index (κ1) is 13.2. The Labute approximate surface area is 121 Å². The zero-order valence-corrected chi connectivity index (χ0v) is 11.2. The summed E-state index contributed by atoms with van der Waals surface area (Å²) in [5, 5.41) is 12.4. The van der Waals surface area contributed by atoms with Crippen molar-refractivity contribution in [2.75, 3.05) is 5.32 Å². The Morgan fingerprint density at radius 2 is 2.10 bits per heavy atom. The highest BCUT2D eigenvalue weighted by atomic mass is 19.1. The van der Waals surface area contributed by atoms with Gasteiger partial charge in [-0.15, -0.1) is 0 Å². The van der Waals surface area contributed by atoms with Gasteiger partial charge in [0.15, 0.2) is 11.6 Å². The molecule has 2 aromatic carbocycles. The minimum atomic E-state index is -0.610. The quantitative estimate of drug-likeness (QED) is 0.772. The molecule has 0 bridgehead atoms. The maximum absolute atomic E-state index is 13.3. The fraction of sp³-hybridized carbons (Fsp3) is 0.0625. The van der Waals surface area contributed by atoms with Crippen LogP contribution in [0.5, 0.6) is 5.75 Å². The van der Waals surface area contributed by atoms with Crippen LogP contribution in [-0.2, 0) is 6.54 Å². The van der Waals surface area contributed by atoms with Crippen LogP contribution in [0.25, 0.3) is 5.69 Å². The minimum Gasteiger partial charge on any atom is -0.505 e. The van der Waals surface area contributed by atoms with Crippen LogP contribution in [0.1, 0.15) is 5.56 Å². The molecule has 0 fully saturated rings. The molecule has 21 heavy (non-hydrogen) atoms. The molecule has 0 unspecified atom stereocenters. The molecule has 3 aromatic rings. The standard InChI is InChI=1S/C16H14FN3O/c17-15-8-12(4-5-16(15)21)10-19-13-2-1-3-14(9-13)20-7-6-18-11-20/h1-9,11,19,21H,10H2. The van der Waals surface area contributed by atoms with Crippen LogP contribution in [0.15, 0.2) is 61.2 Å². The van der Waals surface area contributed by atoms with E-state index in [1.165, 1.54) is 12.1 Å². The number of aromatic hydroxyl groups is 1. The second kappa shape index (κ2) is 5.66. The SMILES string of the molecule is Oc1ccc(CNc2cccc(-n3ccnc3)c2)cc1F. The Kier molecular flexibility index (Phi) is 3.55. The van der Waals surface area contributed by atoms with E-state index >= 15 is 0 Å². The highest BCUT2D eigenvalue weighted by Crippen LogP contribution is 2.18. The van der Waals surface area contributed by atoms with Gasteiger partial charge in [-0.2, -0.15) is 0 Å². The van der Waals surface area contributed by atoms with Gasteiger partial charge in [0.25, 0.3) is 0 Å². The van der Waals surface area contributed by atoms with Crippen LogP contribution < -0.4 is 5.32 Å². The highest BCUT2D eigenvalue weighted by molar-refractivity contribution is 5.51. The van der Waals surface area contributed by atoms with Crippen molar-refractivity contribution in [2.24, 2.45) is 0 Å². The minimum absolute atomic E-state index is 0.333. The van der Waals surface area contributed by atoms with Crippen molar-refractivity contribution in [2.45, 2.75) is 6.54 Å². The molecule has 5 heteroatoms. The van der Waals surface area contributed by atoms with Gasteiger partial charge in [0.05, 0.1) is 6.33 Å². The van der Waals surface area contributed by atoms with Gasteiger partial charge in [0.1, 0.15) is 0 Å². The molecule has 4 nitrogen and oxygen atoms in total. The molecular formula is C16H14FN3O. The molecule has 0 amide bonds. The van der Waals surface area contributed by atoms with E-state index < -0.39 is 5.82 Å². The largest absolute Gasteiger partial charge is 0.505 e.